The maximum atomic E-state index is 12.6. The third-order valence-corrected chi connectivity index (χ3v) is 4.48. The molecule has 1 aromatic rings. The normalized spacial score (nSPS) is 18.4. The van der Waals surface area contributed by atoms with Crippen LogP contribution in [0.3, 0.4) is 0 Å². The molecule has 1 saturated heterocycles. The summed E-state index contributed by atoms with van der Waals surface area (Å²) in [6, 6.07) is 5.96. The number of rotatable bonds is 2. The van der Waals surface area contributed by atoms with E-state index in [1.54, 1.807) is 7.05 Å². The van der Waals surface area contributed by atoms with Gasteiger partial charge in [0.2, 0.25) is 5.91 Å². The Balaban J connectivity index is 1.65. The molecule has 2 aliphatic heterocycles. The first kappa shape index (κ1) is 14.1. The van der Waals surface area contributed by atoms with E-state index in [4.69, 9.17) is 0 Å². The molecule has 0 aliphatic carbocycles. The van der Waals surface area contributed by atoms with Crippen LogP contribution in [0.4, 0.5) is 0 Å². The Kier molecular flexibility index (Phi) is 3.92. The maximum Gasteiger partial charge on any atom is 0.253 e. The van der Waals surface area contributed by atoms with Gasteiger partial charge in [0, 0.05) is 44.7 Å². The van der Waals surface area contributed by atoms with Crippen LogP contribution in [0.25, 0.3) is 0 Å². The van der Waals surface area contributed by atoms with Crippen LogP contribution in [0.15, 0.2) is 18.2 Å². The average molecular weight is 287 g/mol. The lowest BCUT2D eigenvalue weighted by Crippen LogP contribution is -2.42. The molecule has 1 fully saturated rings. The minimum atomic E-state index is 0.0447. The molecule has 5 heteroatoms. The van der Waals surface area contributed by atoms with Crippen molar-refractivity contribution in [3.63, 3.8) is 0 Å². The zero-order valence-corrected chi connectivity index (χ0v) is 12.3. The highest BCUT2D eigenvalue weighted by Crippen LogP contribution is 2.22. The van der Waals surface area contributed by atoms with Crippen molar-refractivity contribution >= 4 is 11.8 Å². The fourth-order valence-electron chi connectivity index (χ4n) is 3.16. The van der Waals surface area contributed by atoms with E-state index >= 15 is 0 Å². The van der Waals surface area contributed by atoms with E-state index in [0.717, 1.165) is 31.5 Å². The molecule has 2 heterocycles. The van der Waals surface area contributed by atoms with Gasteiger partial charge in [-0.1, -0.05) is 6.07 Å². The average Bonchev–Trinajstić information content (AvgIpc) is 3.01. The van der Waals surface area contributed by atoms with Gasteiger partial charge in [-0.2, -0.15) is 0 Å². The first-order valence-electron chi connectivity index (χ1n) is 7.52. The smallest absolute Gasteiger partial charge is 0.253 e. The van der Waals surface area contributed by atoms with Gasteiger partial charge in [-0.3, -0.25) is 9.59 Å². The first-order chi connectivity index (χ1) is 10.2. The van der Waals surface area contributed by atoms with Gasteiger partial charge < -0.3 is 15.5 Å². The first-order valence-corrected chi connectivity index (χ1v) is 7.52. The second kappa shape index (κ2) is 5.85. The summed E-state index contributed by atoms with van der Waals surface area (Å²) in [5.74, 6) is 0.217. The summed E-state index contributed by atoms with van der Waals surface area (Å²) in [5.41, 5.74) is 3.27. The molecule has 112 valence electrons. The van der Waals surface area contributed by atoms with Crippen molar-refractivity contribution in [3.05, 3.63) is 34.9 Å². The number of hydrogen-bond donors (Lipinski definition) is 2. The molecular formula is C16H21N3O2. The number of piperidine rings is 1. The maximum absolute atomic E-state index is 12.6. The number of benzene rings is 1. The Hall–Kier alpha value is -1.88. The van der Waals surface area contributed by atoms with Gasteiger partial charge in [-0.05, 0) is 36.1 Å². The highest BCUT2D eigenvalue weighted by atomic mass is 16.2. The van der Waals surface area contributed by atoms with Gasteiger partial charge in [-0.25, -0.2) is 0 Å². The Morgan fingerprint density at radius 1 is 1.19 bits per heavy atom. The van der Waals surface area contributed by atoms with Crippen LogP contribution in [0, 0.1) is 5.92 Å². The number of nitrogens with zero attached hydrogens (tertiary/aromatic N) is 1. The lowest BCUT2D eigenvalue weighted by Gasteiger charge is -2.31. The van der Waals surface area contributed by atoms with Crippen molar-refractivity contribution in [2.45, 2.75) is 25.9 Å². The summed E-state index contributed by atoms with van der Waals surface area (Å²) in [5, 5.41) is 5.98. The molecule has 0 radical (unpaired) electrons. The SMILES string of the molecule is CNC(=O)C1CCN(C(=O)c2ccc3c(c2)CNC3)CC1. The summed E-state index contributed by atoms with van der Waals surface area (Å²) in [4.78, 5) is 26.0. The van der Waals surface area contributed by atoms with Crippen LogP contribution < -0.4 is 10.6 Å². The van der Waals surface area contributed by atoms with Gasteiger partial charge in [0.25, 0.3) is 5.91 Å². The van der Waals surface area contributed by atoms with E-state index in [-0.39, 0.29) is 17.7 Å². The van der Waals surface area contributed by atoms with Crippen molar-refractivity contribution < 1.29 is 9.59 Å². The van der Waals surface area contributed by atoms with Gasteiger partial charge in [0.05, 0.1) is 0 Å². The van der Waals surface area contributed by atoms with Gasteiger partial charge in [0.15, 0.2) is 0 Å². The van der Waals surface area contributed by atoms with E-state index < -0.39 is 0 Å². The van der Waals surface area contributed by atoms with Gasteiger partial charge in [-0.15, -0.1) is 0 Å². The molecule has 21 heavy (non-hydrogen) atoms. The molecule has 2 amide bonds. The summed E-state index contributed by atoms with van der Waals surface area (Å²) in [6.07, 6.45) is 1.50. The van der Waals surface area contributed by atoms with Crippen molar-refractivity contribution in [2.75, 3.05) is 20.1 Å². The molecule has 3 rings (SSSR count). The summed E-state index contributed by atoms with van der Waals surface area (Å²) in [6.45, 7) is 3.05. The number of likely N-dealkylation sites (tertiary alicyclic amines) is 1. The molecule has 1 aromatic carbocycles. The van der Waals surface area contributed by atoms with Crippen LogP contribution in [-0.4, -0.2) is 36.9 Å². The molecule has 0 saturated carbocycles. The van der Waals surface area contributed by atoms with E-state index in [2.05, 4.69) is 10.6 Å². The van der Waals surface area contributed by atoms with Crippen molar-refractivity contribution in [3.8, 4) is 0 Å². The Morgan fingerprint density at radius 3 is 2.62 bits per heavy atom. The molecule has 2 aliphatic rings. The van der Waals surface area contributed by atoms with Gasteiger partial charge in [0.1, 0.15) is 0 Å². The highest BCUT2D eigenvalue weighted by molar-refractivity contribution is 5.94. The van der Waals surface area contributed by atoms with E-state index in [1.807, 2.05) is 23.1 Å². The number of carbonyl (C=O) groups excluding carboxylic acids is 2. The minimum absolute atomic E-state index is 0.0447. The highest BCUT2D eigenvalue weighted by Gasteiger charge is 2.27. The standard InChI is InChI=1S/C16H21N3O2/c1-17-15(20)11-4-6-19(7-5-11)16(21)12-2-3-13-9-18-10-14(13)8-12/h2-3,8,11,18H,4-7,9-10H2,1H3,(H,17,20). The molecule has 0 aromatic heterocycles. The lowest BCUT2D eigenvalue weighted by atomic mass is 9.95. The summed E-state index contributed by atoms with van der Waals surface area (Å²) < 4.78 is 0. The van der Waals surface area contributed by atoms with E-state index in [9.17, 15) is 9.59 Å². The molecule has 2 N–H and O–H groups in total. The van der Waals surface area contributed by atoms with Crippen molar-refractivity contribution in [2.24, 2.45) is 5.92 Å². The number of fused-ring (bicyclic) bond motifs is 1. The predicted octanol–water partition coefficient (Wildman–Crippen LogP) is 0.888. The molecule has 0 atom stereocenters. The molecule has 0 unspecified atom stereocenters. The third-order valence-electron chi connectivity index (χ3n) is 4.48. The minimum Gasteiger partial charge on any atom is -0.359 e. The Morgan fingerprint density at radius 2 is 1.90 bits per heavy atom. The number of hydrogen-bond acceptors (Lipinski definition) is 3. The van der Waals surface area contributed by atoms with Crippen molar-refractivity contribution in [1.82, 2.24) is 15.5 Å². The van der Waals surface area contributed by atoms with Gasteiger partial charge >= 0.3 is 0 Å². The van der Waals surface area contributed by atoms with Crippen LogP contribution in [0.2, 0.25) is 0 Å². The summed E-state index contributed by atoms with van der Waals surface area (Å²) in [7, 11) is 1.67. The molecule has 5 nitrogen and oxygen atoms in total. The molecule has 0 bridgehead atoms. The van der Waals surface area contributed by atoms with Crippen LogP contribution in [0.1, 0.15) is 34.3 Å². The number of amides is 2. The van der Waals surface area contributed by atoms with Crippen LogP contribution in [-0.2, 0) is 17.9 Å². The fourth-order valence-corrected chi connectivity index (χ4v) is 3.16. The zero-order valence-electron chi connectivity index (χ0n) is 12.3. The second-order valence-corrected chi connectivity index (χ2v) is 5.77. The fraction of sp³-hybridized carbons (Fsp3) is 0.500. The third kappa shape index (κ3) is 2.78. The van der Waals surface area contributed by atoms with Crippen LogP contribution >= 0.6 is 0 Å². The van der Waals surface area contributed by atoms with E-state index in [1.165, 1.54) is 11.1 Å². The Bertz CT molecular complexity index is 563. The van der Waals surface area contributed by atoms with E-state index in [0.29, 0.717) is 13.1 Å². The topological polar surface area (TPSA) is 61.4 Å². The van der Waals surface area contributed by atoms with Crippen LogP contribution in [0.5, 0.6) is 0 Å². The quantitative estimate of drug-likeness (QED) is 0.849. The number of carbonyl (C=O) groups is 2. The van der Waals surface area contributed by atoms with Crippen molar-refractivity contribution in [1.29, 1.82) is 0 Å². The molecular weight excluding hydrogens is 266 g/mol. The Labute approximate surface area is 124 Å². The summed E-state index contributed by atoms with van der Waals surface area (Å²) >= 11 is 0. The zero-order chi connectivity index (χ0) is 14.8. The second-order valence-electron chi connectivity index (χ2n) is 5.77. The lowest BCUT2D eigenvalue weighted by molar-refractivity contribution is -0.125. The predicted molar refractivity (Wildman–Crippen MR) is 79.7 cm³/mol. The largest absolute Gasteiger partial charge is 0.359 e. The molecule has 0 spiro atoms. The number of nitrogens with one attached hydrogen (secondary N) is 2. The monoisotopic (exact) mass is 287 g/mol.